The summed E-state index contributed by atoms with van der Waals surface area (Å²) in [7, 11) is 0. The number of carboxylic acid groups (broad SMARTS) is 1. The molecule has 1 N–H and O–H groups in total. The highest BCUT2D eigenvalue weighted by atomic mass is 16.4. The summed E-state index contributed by atoms with van der Waals surface area (Å²) in [6, 6.07) is 3.86. The highest BCUT2D eigenvalue weighted by Crippen LogP contribution is 2.13. The molecule has 78 valence electrons. The first-order valence-corrected chi connectivity index (χ1v) is 4.74. The van der Waals surface area contributed by atoms with Crippen molar-refractivity contribution in [3.63, 3.8) is 0 Å². The van der Waals surface area contributed by atoms with Gasteiger partial charge in [0, 0.05) is 11.9 Å². The van der Waals surface area contributed by atoms with Gasteiger partial charge in [-0.2, -0.15) is 0 Å². The summed E-state index contributed by atoms with van der Waals surface area (Å²) in [4.78, 5) is 14.9. The largest absolute Gasteiger partial charge is 0.481 e. The van der Waals surface area contributed by atoms with Crippen LogP contribution in [-0.4, -0.2) is 20.5 Å². The van der Waals surface area contributed by atoms with Crippen molar-refractivity contribution in [2.24, 2.45) is 0 Å². The number of aromatic nitrogens is 2. The van der Waals surface area contributed by atoms with Crippen LogP contribution in [0.25, 0.3) is 5.65 Å². The lowest BCUT2D eigenvalue weighted by atomic mass is 10.2. The third kappa shape index (κ3) is 1.70. The second kappa shape index (κ2) is 3.38. The lowest BCUT2D eigenvalue weighted by Crippen LogP contribution is -2.02. The van der Waals surface area contributed by atoms with E-state index in [9.17, 15) is 4.79 Å². The zero-order chi connectivity index (χ0) is 11.0. The molecule has 0 saturated carbocycles. The van der Waals surface area contributed by atoms with Crippen LogP contribution in [0, 0.1) is 13.8 Å². The van der Waals surface area contributed by atoms with Gasteiger partial charge in [0.05, 0.1) is 12.1 Å². The standard InChI is InChI=1S/C11H12N2O2/c1-7-3-4-10-12-9(5-11(14)15)8(2)13(10)6-7/h3-4,6H,5H2,1-2H3,(H,14,15). The molecular weight excluding hydrogens is 192 g/mol. The Morgan fingerprint density at radius 3 is 2.87 bits per heavy atom. The Hall–Kier alpha value is -1.84. The molecule has 0 bridgehead atoms. The van der Waals surface area contributed by atoms with Gasteiger partial charge in [-0.3, -0.25) is 4.79 Å². The number of hydrogen-bond donors (Lipinski definition) is 1. The fraction of sp³-hybridized carbons (Fsp3) is 0.273. The normalized spacial score (nSPS) is 10.8. The van der Waals surface area contributed by atoms with Crippen LogP contribution in [-0.2, 0) is 11.2 Å². The van der Waals surface area contributed by atoms with Gasteiger partial charge in [-0.15, -0.1) is 0 Å². The van der Waals surface area contributed by atoms with Crippen LogP contribution in [0.3, 0.4) is 0 Å². The minimum Gasteiger partial charge on any atom is -0.481 e. The number of aryl methyl sites for hydroxylation is 2. The van der Waals surface area contributed by atoms with Crippen LogP contribution in [0.15, 0.2) is 18.3 Å². The third-order valence-corrected chi connectivity index (χ3v) is 2.42. The topological polar surface area (TPSA) is 54.6 Å². The van der Waals surface area contributed by atoms with Gasteiger partial charge in [-0.1, -0.05) is 6.07 Å². The van der Waals surface area contributed by atoms with Gasteiger partial charge in [-0.05, 0) is 25.5 Å². The van der Waals surface area contributed by atoms with Crippen molar-refractivity contribution in [2.45, 2.75) is 20.3 Å². The molecule has 0 unspecified atom stereocenters. The number of imidazole rings is 1. The molecule has 0 fully saturated rings. The zero-order valence-electron chi connectivity index (χ0n) is 8.69. The first-order valence-electron chi connectivity index (χ1n) is 4.74. The molecule has 0 aliphatic carbocycles. The molecular formula is C11H12N2O2. The second-order valence-corrected chi connectivity index (χ2v) is 3.65. The maximum absolute atomic E-state index is 10.6. The van der Waals surface area contributed by atoms with Gasteiger partial charge in [0.25, 0.3) is 0 Å². The lowest BCUT2D eigenvalue weighted by Gasteiger charge is -1.97. The van der Waals surface area contributed by atoms with Crippen LogP contribution in [0.5, 0.6) is 0 Å². The summed E-state index contributed by atoms with van der Waals surface area (Å²) < 4.78 is 1.92. The van der Waals surface area contributed by atoms with Crippen molar-refractivity contribution in [3.8, 4) is 0 Å². The molecule has 4 heteroatoms. The summed E-state index contributed by atoms with van der Waals surface area (Å²) in [6.07, 6.45) is 1.94. The van der Waals surface area contributed by atoms with E-state index in [0.29, 0.717) is 5.69 Å². The van der Waals surface area contributed by atoms with Crippen molar-refractivity contribution in [3.05, 3.63) is 35.3 Å². The molecule has 15 heavy (non-hydrogen) atoms. The number of pyridine rings is 1. The number of nitrogens with zero attached hydrogens (tertiary/aromatic N) is 2. The molecule has 0 aliphatic rings. The maximum atomic E-state index is 10.6. The molecule has 0 aromatic carbocycles. The summed E-state index contributed by atoms with van der Waals surface area (Å²) >= 11 is 0. The lowest BCUT2D eigenvalue weighted by molar-refractivity contribution is -0.136. The number of rotatable bonds is 2. The average Bonchev–Trinajstić information content (AvgIpc) is 2.44. The predicted molar refractivity (Wildman–Crippen MR) is 56.0 cm³/mol. The molecule has 0 aliphatic heterocycles. The van der Waals surface area contributed by atoms with Gasteiger partial charge >= 0.3 is 5.97 Å². The predicted octanol–water partition coefficient (Wildman–Crippen LogP) is 1.58. The van der Waals surface area contributed by atoms with Gasteiger partial charge in [0.15, 0.2) is 0 Å². The molecule has 0 atom stereocenters. The van der Waals surface area contributed by atoms with Crippen LogP contribution >= 0.6 is 0 Å². The Bertz CT molecular complexity index is 529. The highest BCUT2D eigenvalue weighted by Gasteiger charge is 2.10. The van der Waals surface area contributed by atoms with E-state index < -0.39 is 5.97 Å². The number of fused-ring (bicyclic) bond motifs is 1. The smallest absolute Gasteiger partial charge is 0.309 e. The van der Waals surface area contributed by atoms with Crippen LogP contribution in [0.2, 0.25) is 0 Å². The molecule has 2 aromatic rings. The molecule has 0 amide bonds. The number of hydrogen-bond acceptors (Lipinski definition) is 2. The van der Waals surface area contributed by atoms with E-state index in [4.69, 9.17) is 5.11 Å². The molecule has 2 rings (SSSR count). The minimum atomic E-state index is -0.849. The van der Waals surface area contributed by atoms with E-state index in [1.165, 1.54) is 0 Å². The average molecular weight is 204 g/mol. The van der Waals surface area contributed by atoms with Gasteiger partial charge < -0.3 is 9.51 Å². The third-order valence-electron chi connectivity index (χ3n) is 2.42. The Labute approximate surface area is 87.2 Å². The van der Waals surface area contributed by atoms with Gasteiger partial charge in [-0.25, -0.2) is 4.98 Å². The van der Waals surface area contributed by atoms with Crippen LogP contribution < -0.4 is 0 Å². The maximum Gasteiger partial charge on any atom is 0.309 e. The molecule has 2 heterocycles. The van der Waals surface area contributed by atoms with Crippen LogP contribution in [0.4, 0.5) is 0 Å². The van der Waals surface area contributed by atoms with E-state index >= 15 is 0 Å². The Balaban J connectivity index is 2.59. The molecule has 0 spiro atoms. The van der Waals surface area contributed by atoms with E-state index in [1.807, 2.05) is 36.6 Å². The number of aliphatic carboxylic acids is 1. The molecule has 2 aromatic heterocycles. The van der Waals surface area contributed by atoms with Gasteiger partial charge in [0.2, 0.25) is 0 Å². The van der Waals surface area contributed by atoms with Crippen molar-refractivity contribution in [2.75, 3.05) is 0 Å². The van der Waals surface area contributed by atoms with E-state index in [1.54, 1.807) is 0 Å². The molecule has 0 saturated heterocycles. The summed E-state index contributed by atoms with van der Waals surface area (Å²) in [6.45, 7) is 3.88. The fourth-order valence-corrected chi connectivity index (χ4v) is 1.63. The molecule has 0 radical (unpaired) electrons. The Morgan fingerprint density at radius 1 is 1.47 bits per heavy atom. The van der Waals surface area contributed by atoms with Crippen LogP contribution in [0.1, 0.15) is 17.0 Å². The van der Waals surface area contributed by atoms with Crippen molar-refractivity contribution in [1.29, 1.82) is 0 Å². The zero-order valence-corrected chi connectivity index (χ0v) is 8.69. The van der Waals surface area contributed by atoms with Gasteiger partial charge in [0.1, 0.15) is 5.65 Å². The van der Waals surface area contributed by atoms with Crippen molar-refractivity contribution < 1.29 is 9.90 Å². The van der Waals surface area contributed by atoms with Crippen molar-refractivity contribution in [1.82, 2.24) is 9.38 Å². The molecule has 4 nitrogen and oxygen atoms in total. The van der Waals surface area contributed by atoms with Crippen molar-refractivity contribution >= 4 is 11.6 Å². The van der Waals surface area contributed by atoms with E-state index in [0.717, 1.165) is 16.9 Å². The quantitative estimate of drug-likeness (QED) is 0.808. The van der Waals surface area contributed by atoms with E-state index in [-0.39, 0.29) is 6.42 Å². The summed E-state index contributed by atoms with van der Waals surface area (Å²) in [5.74, 6) is -0.849. The SMILES string of the molecule is Cc1ccc2nc(CC(=O)O)c(C)n2c1. The number of carbonyl (C=O) groups is 1. The second-order valence-electron chi connectivity index (χ2n) is 3.65. The Morgan fingerprint density at radius 2 is 2.20 bits per heavy atom. The monoisotopic (exact) mass is 204 g/mol. The Kier molecular flexibility index (Phi) is 2.19. The van der Waals surface area contributed by atoms with E-state index in [2.05, 4.69) is 4.98 Å². The summed E-state index contributed by atoms with van der Waals surface area (Å²) in [5, 5.41) is 8.72. The summed E-state index contributed by atoms with van der Waals surface area (Å²) in [5.41, 5.74) is 3.46. The first-order chi connectivity index (χ1) is 7.08. The number of carboxylic acids is 1. The fourth-order valence-electron chi connectivity index (χ4n) is 1.63. The first kappa shape index (κ1) is 9.71. The highest BCUT2D eigenvalue weighted by molar-refractivity contribution is 5.70. The minimum absolute atomic E-state index is 0.0213.